The van der Waals surface area contributed by atoms with Crippen LogP contribution in [0.25, 0.3) is 0 Å². The van der Waals surface area contributed by atoms with Gasteiger partial charge >= 0.3 is 0 Å². The van der Waals surface area contributed by atoms with Crippen LogP contribution in [-0.2, 0) is 0 Å². The lowest BCUT2D eigenvalue weighted by Crippen LogP contribution is -2.44. The summed E-state index contributed by atoms with van der Waals surface area (Å²) in [7, 11) is 0. The Morgan fingerprint density at radius 2 is 1.69 bits per heavy atom. The average molecular weight is 226 g/mol. The number of rotatable bonds is 7. The molecule has 0 spiro atoms. The molecular formula is C14H30N2. The quantitative estimate of drug-likeness (QED) is 0.718. The van der Waals surface area contributed by atoms with Gasteiger partial charge in [-0.05, 0) is 44.3 Å². The molecule has 1 saturated heterocycles. The van der Waals surface area contributed by atoms with E-state index in [4.69, 9.17) is 0 Å². The molecule has 0 amide bonds. The van der Waals surface area contributed by atoms with E-state index in [1.165, 1.54) is 45.4 Å². The van der Waals surface area contributed by atoms with Gasteiger partial charge in [-0.25, -0.2) is 0 Å². The van der Waals surface area contributed by atoms with Crippen LogP contribution in [0, 0.1) is 11.8 Å². The van der Waals surface area contributed by atoms with Crippen LogP contribution in [0.5, 0.6) is 0 Å². The summed E-state index contributed by atoms with van der Waals surface area (Å²) in [5.74, 6) is 1.58. The van der Waals surface area contributed by atoms with Gasteiger partial charge in [-0.2, -0.15) is 0 Å². The average Bonchev–Trinajstić information content (AvgIpc) is 2.76. The summed E-state index contributed by atoms with van der Waals surface area (Å²) in [5, 5.41) is 3.65. The van der Waals surface area contributed by atoms with Gasteiger partial charge in [-0.1, -0.05) is 34.1 Å². The van der Waals surface area contributed by atoms with E-state index in [1.54, 1.807) is 0 Å². The summed E-state index contributed by atoms with van der Waals surface area (Å²) in [6.07, 6.45) is 4.08. The SMILES string of the molecule is CCC(C)CNCC(C(C)C)N1CCCC1. The monoisotopic (exact) mass is 226 g/mol. The minimum atomic E-state index is 0.742. The summed E-state index contributed by atoms with van der Waals surface area (Å²) in [6.45, 7) is 14.3. The molecule has 0 bridgehead atoms. The summed E-state index contributed by atoms with van der Waals surface area (Å²) in [4.78, 5) is 2.67. The Bertz CT molecular complexity index is 174. The normalized spacial score (nSPS) is 21.6. The molecule has 0 aromatic heterocycles. The van der Waals surface area contributed by atoms with Crippen LogP contribution in [0.4, 0.5) is 0 Å². The molecule has 0 aliphatic carbocycles. The van der Waals surface area contributed by atoms with Crippen molar-refractivity contribution in [3.63, 3.8) is 0 Å². The standard InChI is InChI=1S/C14H30N2/c1-5-13(4)10-15-11-14(12(2)3)16-8-6-7-9-16/h12-15H,5-11H2,1-4H3. The molecule has 96 valence electrons. The molecule has 1 aliphatic heterocycles. The Hall–Kier alpha value is -0.0800. The van der Waals surface area contributed by atoms with Crippen LogP contribution in [-0.4, -0.2) is 37.1 Å². The van der Waals surface area contributed by atoms with E-state index in [1.807, 2.05) is 0 Å². The molecular weight excluding hydrogens is 196 g/mol. The van der Waals surface area contributed by atoms with Crippen molar-refractivity contribution >= 4 is 0 Å². The smallest absolute Gasteiger partial charge is 0.0243 e. The Morgan fingerprint density at radius 1 is 1.06 bits per heavy atom. The molecule has 2 nitrogen and oxygen atoms in total. The van der Waals surface area contributed by atoms with Crippen LogP contribution in [0.3, 0.4) is 0 Å². The number of nitrogens with one attached hydrogen (secondary N) is 1. The summed E-state index contributed by atoms with van der Waals surface area (Å²) in [5.41, 5.74) is 0. The fraction of sp³-hybridized carbons (Fsp3) is 1.00. The van der Waals surface area contributed by atoms with E-state index in [-0.39, 0.29) is 0 Å². The Labute approximate surface area is 102 Å². The molecule has 2 atom stereocenters. The van der Waals surface area contributed by atoms with Crippen molar-refractivity contribution in [1.29, 1.82) is 0 Å². The Kier molecular flexibility index (Phi) is 6.37. The van der Waals surface area contributed by atoms with Crippen LogP contribution in [0.15, 0.2) is 0 Å². The van der Waals surface area contributed by atoms with Gasteiger partial charge in [-0.15, -0.1) is 0 Å². The second kappa shape index (κ2) is 7.29. The Balaban J connectivity index is 2.28. The third-order valence-electron chi connectivity index (χ3n) is 3.92. The van der Waals surface area contributed by atoms with E-state index in [9.17, 15) is 0 Å². The molecule has 0 radical (unpaired) electrons. The van der Waals surface area contributed by atoms with Crippen LogP contribution < -0.4 is 5.32 Å². The highest BCUT2D eigenvalue weighted by molar-refractivity contribution is 4.80. The third kappa shape index (κ3) is 4.42. The molecule has 1 heterocycles. The Morgan fingerprint density at radius 3 is 2.19 bits per heavy atom. The summed E-state index contributed by atoms with van der Waals surface area (Å²) in [6, 6.07) is 0.742. The van der Waals surface area contributed by atoms with Crippen LogP contribution in [0.2, 0.25) is 0 Å². The number of likely N-dealkylation sites (tertiary alicyclic amines) is 1. The van der Waals surface area contributed by atoms with Gasteiger partial charge in [0.25, 0.3) is 0 Å². The molecule has 2 heteroatoms. The molecule has 2 unspecified atom stereocenters. The maximum atomic E-state index is 3.65. The van der Waals surface area contributed by atoms with Crippen molar-refractivity contribution in [2.45, 2.75) is 53.0 Å². The van der Waals surface area contributed by atoms with Gasteiger partial charge in [0, 0.05) is 12.6 Å². The first-order valence-corrected chi connectivity index (χ1v) is 7.09. The van der Waals surface area contributed by atoms with Crippen molar-refractivity contribution < 1.29 is 0 Å². The van der Waals surface area contributed by atoms with Gasteiger partial charge in [0.2, 0.25) is 0 Å². The van der Waals surface area contributed by atoms with E-state index >= 15 is 0 Å². The lowest BCUT2D eigenvalue weighted by Gasteiger charge is -2.31. The highest BCUT2D eigenvalue weighted by Gasteiger charge is 2.23. The molecule has 1 aliphatic rings. The van der Waals surface area contributed by atoms with Crippen molar-refractivity contribution in [3.05, 3.63) is 0 Å². The zero-order chi connectivity index (χ0) is 12.0. The van der Waals surface area contributed by atoms with Crippen LogP contribution in [0.1, 0.15) is 47.0 Å². The van der Waals surface area contributed by atoms with Gasteiger partial charge in [0.1, 0.15) is 0 Å². The fourth-order valence-electron chi connectivity index (χ4n) is 2.48. The van der Waals surface area contributed by atoms with E-state index < -0.39 is 0 Å². The molecule has 0 saturated carbocycles. The largest absolute Gasteiger partial charge is 0.315 e. The highest BCUT2D eigenvalue weighted by atomic mass is 15.2. The predicted octanol–water partition coefficient (Wildman–Crippen LogP) is 2.74. The van der Waals surface area contributed by atoms with Crippen molar-refractivity contribution in [2.24, 2.45) is 11.8 Å². The van der Waals surface area contributed by atoms with E-state index in [0.717, 1.165) is 17.9 Å². The lowest BCUT2D eigenvalue weighted by atomic mass is 10.0. The molecule has 1 fully saturated rings. The molecule has 1 N–H and O–H groups in total. The highest BCUT2D eigenvalue weighted by Crippen LogP contribution is 2.17. The van der Waals surface area contributed by atoms with Crippen molar-refractivity contribution in [1.82, 2.24) is 10.2 Å². The minimum Gasteiger partial charge on any atom is -0.315 e. The molecule has 16 heavy (non-hydrogen) atoms. The fourth-order valence-corrected chi connectivity index (χ4v) is 2.48. The summed E-state index contributed by atoms with van der Waals surface area (Å²) >= 11 is 0. The van der Waals surface area contributed by atoms with Crippen LogP contribution >= 0.6 is 0 Å². The molecule has 0 aromatic carbocycles. The first-order valence-electron chi connectivity index (χ1n) is 7.09. The zero-order valence-electron chi connectivity index (χ0n) is 11.6. The first-order chi connectivity index (χ1) is 7.65. The zero-order valence-corrected chi connectivity index (χ0v) is 11.6. The van der Waals surface area contributed by atoms with Crippen molar-refractivity contribution in [2.75, 3.05) is 26.2 Å². The summed E-state index contributed by atoms with van der Waals surface area (Å²) < 4.78 is 0. The number of hydrogen-bond acceptors (Lipinski definition) is 2. The van der Waals surface area contributed by atoms with Gasteiger partial charge in [0.05, 0.1) is 0 Å². The number of nitrogens with zero attached hydrogens (tertiary/aromatic N) is 1. The third-order valence-corrected chi connectivity index (χ3v) is 3.92. The van der Waals surface area contributed by atoms with Gasteiger partial charge in [0.15, 0.2) is 0 Å². The predicted molar refractivity (Wildman–Crippen MR) is 71.8 cm³/mol. The van der Waals surface area contributed by atoms with Gasteiger partial charge in [-0.3, -0.25) is 4.90 Å². The van der Waals surface area contributed by atoms with Crippen molar-refractivity contribution in [3.8, 4) is 0 Å². The van der Waals surface area contributed by atoms with E-state index in [0.29, 0.717) is 0 Å². The lowest BCUT2D eigenvalue weighted by molar-refractivity contribution is 0.185. The second-order valence-corrected chi connectivity index (χ2v) is 5.73. The van der Waals surface area contributed by atoms with E-state index in [2.05, 4.69) is 37.9 Å². The number of hydrogen-bond donors (Lipinski definition) is 1. The molecule has 0 aromatic rings. The molecule has 1 rings (SSSR count). The van der Waals surface area contributed by atoms with Gasteiger partial charge < -0.3 is 5.32 Å². The topological polar surface area (TPSA) is 15.3 Å². The maximum absolute atomic E-state index is 3.65. The minimum absolute atomic E-state index is 0.742. The maximum Gasteiger partial charge on any atom is 0.0243 e. The second-order valence-electron chi connectivity index (χ2n) is 5.73. The first kappa shape index (κ1) is 14.0.